The molecule has 0 amide bonds. The average molecular weight is 186 g/mol. The van der Waals surface area contributed by atoms with Crippen LogP contribution >= 0.6 is 0 Å². The van der Waals surface area contributed by atoms with Crippen LogP contribution in [0.5, 0.6) is 0 Å². The lowest BCUT2D eigenvalue weighted by molar-refractivity contribution is 0.484. The van der Waals surface area contributed by atoms with Crippen molar-refractivity contribution in [3.8, 4) is 0 Å². The molecule has 0 saturated heterocycles. The van der Waals surface area contributed by atoms with Gasteiger partial charge in [0.25, 0.3) is 10.1 Å². The Bertz CT molecular complexity index is 299. The van der Waals surface area contributed by atoms with Crippen LogP contribution in [0.4, 0.5) is 0 Å². The van der Waals surface area contributed by atoms with E-state index in [4.69, 9.17) is 4.55 Å². The van der Waals surface area contributed by atoms with Crippen LogP contribution in [0.25, 0.3) is 0 Å². The zero-order chi connectivity index (χ0) is 8.20. The third-order valence-corrected chi connectivity index (χ3v) is 1.89. The lowest BCUT2D eigenvalue weighted by atomic mass is 10.6. The second-order valence-electron chi connectivity index (χ2n) is 1.50. The summed E-state index contributed by atoms with van der Waals surface area (Å²) in [6.07, 6.45) is -0.186. The molecule has 0 heterocycles. The predicted molar refractivity (Wildman–Crippen MR) is 36.0 cm³/mol. The molecule has 0 aliphatic carbocycles. The Hall–Kier alpha value is -0.400. The molecular weight excluding hydrogens is 180 g/mol. The summed E-state index contributed by atoms with van der Waals surface area (Å²) in [5, 5.41) is 0.772. The number of hydrogen-bond donors (Lipinski definition) is 1. The molecule has 0 aromatic rings. The van der Waals surface area contributed by atoms with Gasteiger partial charge in [-0.15, -0.1) is 0 Å². The minimum absolute atomic E-state index is 0.186. The topological polar surface area (TPSA) is 88.5 Å². The van der Waals surface area contributed by atoms with E-state index < -0.39 is 26.2 Å². The maximum Gasteiger partial charge on any atom is 0.265 e. The first-order valence-electron chi connectivity index (χ1n) is 2.28. The molecule has 5 nitrogen and oxygen atoms in total. The van der Waals surface area contributed by atoms with Crippen LogP contribution in [-0.2, 0) is 20.4 Å². The van der Waals surface area contributed by atoms with Crippen molar-refractivity contribution in [1.82, 2.24) is 0 Å². The molecule has 0 saturated carbocycles. The number of rotatable bonds is 3. The molecule has 60 valence electrons. The fourth-order valence-electron chi connectivity index (χ4n) is 0.293. The van der Waals surface area contributed by atoms with E-state index >= 15 is 0 Å². The first-order valence-corrected chi connectivity index (χ1v) is 5.03. The minimum Gasteiger partial charge on any atom is -0.286 e. The smallest absolute Gasteiger partial charge is 0.265 e. The lowest BCUT2D eigenvalue weighted by Gasteiger charge is -1.86. The van der Waals surface area contributed by atoms with E-state index in [0.717, 1.165) is 5.37 Å². The molecule has 7 heteroatoms. The molecule has 0 aromatic carbocycles. The Morgan fingerprint density at radius 1 is 1.40 bits per heavy atom. The molecule has 0 bridgehead atoms. The summed E-state index contributed by atoms with van der Waals surface area (Å²) in [4.78, 5) is 0. The predicted octanol–water partition coefficient (Wildman–Crippen LogP) is -1.05. The quantitative estimate of drug-likeness (QED) is 0.448. The molecule has 0 fully saturated rings. The second kappa shape index (κ2) is 3.69. The van der Waals surface area contributed by atoms with Gasteiger partial charge < -0.3 is 0 Å². The van der Waals surface area contributed by atoms with Gasteiger partial charge in [-0.25, -0.2) is 0 Å². The Morgan fingerprint density at radius 3 is 2.20 bits per heavy atom. The van der Waals surface area contributed by atoms with E-state index in [2.05, 4.69) is 0 Å². The Morgan fingerprint density at radius 2 is 1.90 bits per heavy atom. The van der Waals surface area contributed by atoms with E-state index in [0.29, 0.717) is 0 Å². The zero-order valence-electron chi connectivity index (χ0n) is 4.89. The molecular formula is C3H6O5S2. The van der Waals surface area contributed by atoms with Gasteiger partial charge in [0.15, 0.2) is 0 Å². The van der Waals surface area contributed by atoms with Gasteiger partial charge in [-0.2, -0.15) is 16.8 Å². The summed E-state index contributed by atoms with van der Waals surface area (Å²) in [6.45, 7) is 0. The van der Waals surface area contributed by atoms with Crippen molar-refractivity contribution >= 4 is 25.8 Å². The summed E-state index contributed by atoms with van der Waals surface area (Å²) in [5.41, 5.74) is 0. The van der Waals surface area contributed by atoms with Crippen LogP contribution in [0.1, 0.15) is 6.42 Å². The van der Waals surface area contributed by atoms with E-state index in [1.807, 2.05) is 0 Å². The molecule has 0 aliphatic rings. The molecule has 1 N–H and O–H groups in total. The second-order valence-corrected chi connectivity index (χ2v) is 3.93. The summed E-state index contributed by atoms with van der Waals surface area (Å²) in [7, 11) is -6.38. The van der Waals surface area contributed by atoms with Gasteiger partial charge in [0.2, 0.25) is 10.3 Å². The summed E-state index contributed by atoms with van der Waals surface area (Å²) >= 11 is 0. The zero-order valence-corrected chi connectivity index (χ0v) is 6.52. The molecule has 0 unspecified atom stereocenters. The number of hydrogen-bond acceptors (Lipinski definition) is 4. The summed E-state index contributed by atoms with van der Waals surface area (Å²) in [6, 6.07) is 0. The third-order valence-electron chi connectivity index (χ3n) is 0.630. The molecule has 0 radical (unpaired) electrons. The monoisotopic (exact) mass is 186 g/mol. The van der Waals surface area contributed by atoms with E-state index in [-0.39, 0.29) is 6.42 Å². The van der Waals surface area contributed by atoms with Crippen LogP contribution < -0.4 is 0 Å². The van der Waals surface area contributed by atoms with Crippen molar-refractivity contribution in [2.24, 2.45) is 0 Å². The first kappa shape index (κ1) is 9.60. The highest BCUT2D eigenvalue weighted by Crippen LogP contribution is 1.83. The van der Waals surface area contributed by atoms with Gasteiger partial charge in [-0.1, -0.05) is 0 Å². The average Bonchev–Trinajstić information content (AvgIpc) is 1.59. The van der Waals surface area contributed by atoms with Crippen LogP contribution in [-0.4, -0.2) is 32.5 Å². The molecule has 0 atom stereocenters. The van der Waals surface area contributed by atoms with Crippen molar-refractivity contribution in [2.75, 3.05) is 5.75 Å². The Kier molecular flexibility index (Phi) is 3.54. The standard InChI is InChI=1S/C3H6O5S2/c4-9(5)2-1-3-10(6,7)8/h2H,1,3H2,(H,6,7,8). The van der Waals surface area contributed by atoms with Crippen molar-refractivity contribution in [3.05, 3.63) is 0 Å². The Balaban J connectivity index is 3.93. The third kappa shape index (κ3) is 7.60. The first-order chi connectivity index (χ1) is 4.42. The van der Waals surface area contributed by atoms with Crippen molar-refractivity contribution in [1.29, 1.82) is 0 Å². The highest BCUT2D eigenvalue weighted by atomic mass is 32.2. The van der Waals surface area contributed by atoms with E-state index in [1.54, 1.807) is 0 Å². The molecule has 0 aromatic heterocycles. The van der Waals surface area contributed by atoms with Crippen LogP contribution in [0.2, 0.25) is 0 Å². The van der Waals surface area contributed by atoms with Crippen molar-refractivity contribution in [2.45, 2.75) is 6.42 Å². The lowest BCUT2D eigenvalue weighted by Crippen LogP contribution is -2.03. The van der Waals surface area contributed by atoms with Crippen molar-refractivity contribution < 1.29 is 21.4 Å². The van der Waals surface area contributed by atoms with Gasteiger partial charge in [0.1, 0.15) is 0 Å². The fourth-order valence-corrected chi connectivity index (χ4v) is 1.17. The van der Waals surface area contributed by atoms with Gasteiger partial charge >= 0.3 is 0 Å². The molecule has 10 heavy (non-hydrogen) atoms. The maximum atomic E-state index is 9.95. The summed E-state index contributed by atoms with van der Waals surface area (Å²) in [5.74, 6) is -0.555. The largest absolute Gasteiger partial charge is 0.286 e. The van der Waals surface area contributed by atoms with Crippen LogP contribution in [0.3, 0.4) is 0 Å². The van der Waals surface area contributed by atoms with E-state index in [1.165, 1.54) is 0 Å². The van der Waals surface area contributed by atoms with Gasteiger partial charge in [-0.05, 0) is 6.42 Å². The van der Waals surface area contributed by atoms with Crippen molar-refractivity contribution in [3.63, 3.8) is 0 Å². The van der Waals surface area contributed by atoms with Crippen LogP contribution in [0.15, 0.2) is 0 Å². The van der Waals surface area contributed by atoms with E-state index in [9.17, 15) is 16.8 Å². The molecule has 0 rings (SSSR count). The SMILES string of the molecule is O=S(=O)=CCCS(=O)(=O)O. The molecule has 0 aliphatic heterocycles. The fraction of sp³-hybridized carbons (Fsp3) is 0.667. The highest BCUT2D eigenvalue weighted by molar-refractivity contribution is 7.85. The van der Waals surface area contributed by atoms with Crippen LogP contribution in [0, 0.1) is 0 Å². The van der Waals surface area contributed by atoms with Gasteiger partial charge in [-0.3, -0.25) is 4.55 Å². The molecule has 0 spiro atoms. The van der Waals surface area contributed by atoms with Gasteiger partial charge in [0.05, 0.1) is 5.75 Å². The summed E-state index contributed by atoms with van der Waals surface area (Å²) < 4.78 is 47.5. The minimum atomic E-state index is -4.02. The maximum absolute atomic E-state index is 9.95. The highest BCUT2D eigenvalue weighted by Gasteiger charge is 2.00. The normalized spacial score (nSPS) is 10.9. The Labute approximate surface area is 60.0 Å². The van der Waals surface area contributed by atoms with Gasteiger partial charge in [0, 0.05) is 5.37 Å².